The van der Waals surface area contributed by atoms with Crippen LogP contribution in [0.5, 0.6) is 0 Å². The maximum absolute atomic E-state index is 12.3. The maximum Gasteiger partial charge on any atom is 0.318 e. The van der Waals surface area contributed by atoms with E-state index in [0.29, 0.717) is 0 Å². The van der Waals surface area contributed by atoms with Crippen LogP contribution >= 0.6 is 0 Å². The molecule has 112 valence electrons. The molecule has 1 saturated heterocycles. The number of rotatable bonds is 2. The van der Waals surface area contributed by atoms with Gasteiger partial charge < -0.3 is 4.74 Å². The summed E-state index contributed by atoms with van der Waals surface area (Å²) in [6.07, 6.45) is 6.28. The fraction of sp³-hybridized carbons (Fsp3) is 0.588. The molecular formula is C17H20O4. The van der Waals surface area contributed by atoms with E-state index in [0.717, 1.165) is 12.0 Å². The Kier molecular flexibility index (Phi) is 2.81. The average Bonchev–Trinajstić information content (AvgIpc) is 2.64. The van der Waals surface area contributed by atoms with E-state index in [-0.39, 0.29) is 17.1 Å². The molecule has 0 spiro atoms. The van der Waals surface area contributed by atoms with Crippen LogP contribution in [0.1, 0.15) is 34.1 Å². The third-order valence-electron chi connectivity index (χ3n) is 5.60. The van der Waals surface area contributed by atoms with Crippen molar-refractivity contribution < 1.29 is 19.1 Å². The van der Waals surface area contributed by atoms with E-state index in [1.807, 2.05) is 13.0 Å². The van der Waals surface area contributed by atoms with Gasteiger partial charge in [0.2, 0.25) is 0 Å². The highest BCUT2D eigenvalue weighted by molar-refractivity contribution is 5.99. The Bertz CT molecular complexity index is 610. The van der Waals surface area contributed by atoms with E-state index in [2.05, 4.69) is 19.9 Å². The van der Waals surface area contributed by atoms with Crippen molar-refractivity contribution in [3.05, 3.63) is 23.8 Å². The Balaban J connectivity index is 2.24. The van der Waals surface area contributed by atoms with Gasteiger partial charge in [-0.3, -0.25) is 14.4 Å². The summed E-state index contributed by atoms with van der Waals surface area (Å²) in [6.45, 7) is 7.69. The molecule has 4 aliphatic rings. The highest BCUT2D eigenvalue weighted by Crippen LogP contribution is 2.67. The molecule has 4 nitrogen and oxygen atoms in total. The number of allylic oxidation sites excluding steroid dienone is 4. The predicted octanol–water partition coefficient (Wildman–Crippen LogP) is 2.44. The molecule has 0 radical (unpaired) electrons. The Morgan fingerprint density at radius 3 is 2.57 bits per heavy atom. The van der Waals surface area contributed by atoms with Crippen molar-refractivity contribution in [2.45, 2.75) is 34.1 Å². The predicted molar refractivity (Wildman–Crippen MR) is 76.0 cm³/mol. The molecule has 3 aliphatic carbocycles. The number of cyclic esters (lactones) is 2. The maximum atomic E-state index is 12.3. The molecule has 1 aliphatic heterocycles. The largest absolute Gasteiger partial charge is 0.393 e. The van der Waals surface area contributed by atoms with Gasteiger partial charge >= 0.3 is 11.9 Å². The van der Waals surface area contributed by atoms with Crippen LogP contribution in [0.15, 0.2) is 23.8 Å². The Morgan fingerprint density at radius 1 is 1.33 bits per heavy atom. The van der Waals surface area contributed by atoms with Gasteiger partial charge in [-0.25, -0.2) is 0 Å². The van der Waals surface area contributed by atoms with Crippen LogP contribution in [0, 0.1) is 28.6 Å². The number of carbonyl (C=O) groups excluding carboxylic acids is 3. The highest BCUT2D eigenvalue weighted by atomic mass is 16.6. The number of hydrogen-bond acceptors (Lipinski definition) is 4. The summed E-state index contributed by atoms with van der Waals surface area (Å²) in [6, 6.07) is 0. The minimum Gasteiger partial charge on any atom is -0.393 e. The van der Waals surface area contributed by atoms with Crippen LogP contribution in [0.4, 0.5) is 0 Å². The van der Waals surface area contributed by atoms with E-state index >= 15 is 0 Å². The molecule has 0 N–H and O–H groups in total. The second-order valence-electron chi connectivity index (χ2n) is 7.16. The first-order chi connectivity index (χ1) is 9.70. The van der Waals surface area contributed by atoms with Crippen molar-refractivity contribution in [2.24, 2.45) is 28.6 Å². The summed E-state index contributed by atoms with van der Waals surface area (Å²) in [5.41, 5.74) is 0.253. The van der Waals surface area contributed by atoms with Crippen molar-refractivity contribution in [3.63, 3.8) is 0 Å². The van der Waals surface area contributed by atoms with Gasteiger partial charge in [0.15, 0.2) is 5.78 Å². The summed E-state index contributed by atoms with van der Waals surface area (Å²) in [5, 5.41) is 0. The Hall–Kier alpha value is -1.71. The SMILES string of the molecule is CC(=O)/C=C/C12C(C)=CC(CC1(C)C)C1C(=O)OC(=O)C12. The van der Waals surface area contributed by atoms with E-state index in [1.165, 1.54) is 13.0 Å². The third kappa shape index (κ3) is 1.65. The molecule has 2 bridgehead atoms. The van der Waals surface area contributed by atoms with Gasteiger partial charge in [-0.1, -0.05) is 31.6 Å². The lowest BCUT2D eigenvalue weighted by Gasteiger charge is -2.59. The molecule has 21 heavy (non-hydrogen) atoms. The van der Waals surface area contributed by atoms with Gasteiger partial charge in [0.05, 0.1) is 11.8 Å². The van der Waals surface area contributed by atoms with Gasteiger partial charge in [-0.2, -0.15) is 0 Å². The average molecular weight is 288 g/mol. The van der Waals surface area contributed by atoms with Crippen LogP contribution < -0.4 is 0 Å². The first-order valence-corrected chi connectivity index (χ1v) is 7.35. The lowest BCUT2D eigenvalue weighted by Crippen LogP contribution is -2.57. The lowest BCUT2D eigenvalue weighted by atomic mass is 9.42. The summed E-state index contributed by atoms with van der Waals surface area (Å²) in [5.74, 6) is -1.75. The quantitative estimate of drug-likeness (QED) is 0.339. The minimum absolute atomic E-state index is 0.0524. The molecule has 2 fully saturated rings. The Morgan fingerprint density at radius 2 is 2.00 bits per heavy atom. The topological polar surface area (TPSA) is 60.4 Å². The third-order valence-corrected chi connectivity index (χ3v) is 5.60. The summed E-state index contributed by atoms with van der Waals surface area (Å²) >= 11 is 0. The molecule has 4 rings (SSSR count). The monoisotopic (exact) mass is 288 g/mol. The number of hydrogen-bond donors (Lipinski definition) is 0. The van der Waals surface area contributed by atoms with Crippen molar-refractivity contribution in [1.29, 1.82) is 0 Å². The highest BCUT2D eigenvalue weighted by Gasteiger charge is 2.68. The molecule has 4 heteroatoms. The second-order valence-corrected chi connectivity index (χ2v) is 7.16. The van der Waals surface area contributed by atoms with E-state index in [4.69, 9.17) is 4.74 Å². The molecule has 4 unspecified atom stereocenters. The van der Waals surface area contributed by atoms with E-state index in [1.54, 1.807) is 0 Å². The van der Waals surface area contributed by atoms with Crippen LogP contribution in [0.25, 0.3) is 0 Å². The van der Waals surface area contributed by atoms with Crippen LogP contribution in [-0.2, 0) is 19.1 Å². The van der Waals surface area contributed by atoms with Gasteiger partial charge in [0, 0.05) is 5.41 Å². The molecule has 0 aromatic rings. The molecule has 1 saturated carbocycles. The number of ketones is 1. The number of esters is 2. The molecular weight excluding hydrogens is 268 g/mol. The molecule has 0 amide bonds. The fourth-order valence-electron chi connectivity index (χ4n) is 4.82. The number of carbonyl (C=O) groups is 3. The smallest absolute Gasteiger partial charge is 0.318 e. The number of ether oxygens (including phenoxy) is 1. The van der Waals surface area contributed by atoms with Gasteiger partial charge in [0.25, 0.3) is 0 Å². The van der Waals surface area contributed by atoms with Crippen molar-refractivity contribution in [3.8, 4) is 0 Å². The fourth-order valence-corrected chi connectivity index (χ4v) is 4.82. The van der Waals surface area contributed by atoms with Gasteiger partial charge in [-0.15, -0.1) is 0 Å². The summed E-state index contributed by atoms with van der Waals surface area (Å²) < 4.78 is 4.93. The van der Waals surface area contributed by atoms with Crippen LogP contribution in [-0.4, -0.2) is 17.7 Å². The first kappa shape index (κ1) is 14.2. The summed E-state index contributed by atoms with van der Waals surface area (Å²) in [7, 11) is 0. The standard InChI is InChI=1S/C17H20O4/c1-9-7-11-8-16(3,4)17(9,6-5-10(2)18)13-12(11)14(19)21-15(13)20/h5-7,11-13H,8H2,1-4H3/b6-5+. The zero-order valence-corrected chi connectivity index (χ0v) is 12.8. The molecule has 0 aromatic carbocycles. The normalized spacial score (nSPS) is 40.2. The molecule has 0 aromatic heterocycles. The van der Waals surface area contributed by atoms with Gasteiger partial charge in [-0.05, 0) is 37.7 Å². The van der Waals surface area contributed by atoms with Crippen molar-refractivity contribution in [2.75, 3.05) is 0 Å². The number of fused-ring (bicyclic) bond motifs is 1. The zero-order valence-electron chi connectivity index (χ0n) is 12.8. The summed E-state index contributed by atoms with van der Waals surface area (Å²) in [4.78, 5) is 35.8. The van der Waals surface area contributed by atoms with Crippen molar-refractivity contribution in [1.82, 2.24) is 0 Å². The van der Waals surface area contributed by atoms with Crippen molar-refractivity contribution >= 4 is 17.7 Å². The minimum atomic E-state index is -0.610. The van der Waals surface area contributed by atoms with E-state index < -0.39 is 29.2 Å². The van der Waals surface area contributed by atoms with Crippen LogP contribution in [0.3, 0.4) is 0 Å². The van der Waals surface area contributed by atoms with Crippen LogP contribution in [0.2, 0.25) is 0 Å². The van der Waals surface area contributed by atoms with Gasteiger partial charge in [0.1, 0.15) is 0 Å². The first-order valence-electron chi connectivity index (χ1n) is 7.35. The molecule has 1 heterocycles. The zero-order chi connectivity index (χ0) is 15.6. The Labute approximate surface area is 124 Å². The molecule has 4 atom stereocenters. The lowest BCUT2D eigenvalue weighted by molar-refractivity contribution is -0.154. The second kappa shape index (κ2) is 4.15. The van der Waals surface area contributed by atoms with E-state index in [9.17, 15) is 14.4 Å².